The fourth-order valence-corrected chi connectivity index (χ4v) is 2.78. The molecule has 3 nitrogen and oxygen atoms in total. The third-order valence-corrected chi connectivity index (χ3v) is 3.97. The zero-order valence-corrected chi connectivity index (χ0v) is 15.5. The zero-order valence-electron chi connectivity index (χ0n) is 15.5. The summed E-state index contributed by atoms with van der Waals surface area (Å²) in [6.07, 6.45) is 7.15. The van der Waals surface area contributed by atoms with Gasteiger partial charge in [-0.2, -0.15) is 0 Å². The van der Waals surface area contributed by atoms with Gasteiger partial charge in [-0.05, 0) is 38.5 Å². The molecule has 0 N–H and O–H groups in total. The molecule has 3 rings (SSSR count). The summed E-state index contributed by atoms with van der Waals surface area (Å²) in [5.74, 6) is 0.726. The molecule has 0 aliphatic carbocycles. The Kier molecular flexibility index (Phi) is 5.69. The summed E-state index contributed by atoms with van der Waals surface area (Å²) in [6, 6.07) is 18.2. The van der Waals surface area contributed by atoms with Gasteiger partial charge in [-0.25, -0.2) is 9.97 Å². The molecule has 130 valence electrons. The van der Waals surface area contributed by atoms with Gasteiger partial charge in [0.1, 0.15) is 0 Å². The molecular weight excluding hydrogens is 318 g/mol. The molecule has 0 fully saturated rings. The highest BCUT2D eigenvalue weighted by Gasteiger charge is 2.11. The monoisotopic (exact) mass is 341 g/mol. The van der Waals surface area contributed by atoms with Crippen LogP contribution in [-0.2, 0) is 0 Å². The lowest BCUT2D eigenvalue weighted by Gasteiger charge is -2.10. The normalized spacial score (nSPS) is 11.9. The molecule has 0 aliphatic heterocycles. The van der Waals surface area contributed by atoms with E-state index in [1.54, 1.807) is 0 Å². The Morgan fingerprint density at radius 3 is 2.35 bits per heavy atom. The van der Waals surface area contributed by atoms with Gasteiger partial charge in [-0.3, -0.25) is 4.98 Å². The van der Waals surface area contributed by atoms with Gasteiger partial charge in [0.05, 0.1) is 17.1 Å². The van der Waals surface area contributed by atoms with Crippen molar-refractivity contribution in [1.29, 1.82) is 0 Å². The number of benzene rings is 1. The largest absolute Gasteiger partial charge is 0.251 e. The Balaban J connectivity index is 2.21. The van der Waals surface area contributed by atoms with E-state index in [1.165, 1.54) is 0 Å². The number of pyridine rings is 1. The highest BCUT2D eigenvalue weighted by molar-refractivity contribution is 5.74. The smallest absolute Gasteiger partial charge is 0.160 e. The van der Waals surface area contributed by atoms with E-state index in [9.17, 15) is 0 Å². The maximum Gasteiger partial charge on any atom is 0.160 e. The Morgan fingerprint density at radius 1 is 0.885 bits per heavy atom. The Morgan fingerprint density at radius 2 is 1.65 bits per heavy atom. The van der Waals surface area contributed by atoms with E-state index in [-0.39, 0.29) is 0 Å². The summed E-state index contributed by atoms with van der Waals surface area (Å²) in [5.41, 5.74) is 5.68. The van der Waals surface area contributed by atoms with E-state index in [0.717, 1.165) is 46.2 Å². The minimum Gasteiger partial charge on any atom is -0.251 e. The molecule has 0 unspecified atom stereocenters. The van der Waals surface area contributed by atoms with Crippen LogP contribution in [0.4, 0.5) is 0 Å². The summed E-state index contributed by atoms with van der Waals surface area (Å²) in [7, 11) is 0. The Hall–Kier alpha value is -3.07. The standard InChI is InChI=1S/C23H23N3/c1-4-10-19(11-5-2)23-25-21(18-13-7-6-8-14-18)16-22(26-23)20-15-9-12-17(3)24-20/h4,6-16H,5H2,1-3H3/b10-4-,19-11+. The molecule has 3 heteroatoms. The van der Waals surface area contributed by atoms with Crippen LogP contribution in [0, 0.1) is 6.92 Å². The topological polar surface area (TPSA) is 38.7 Å². The van der Waals surface area contributed by atoms with Crippen LogP contribution in [-0.4, -0.2) is 15.0 Å². The summed E-state index contributed by atoms with van der Waals surface area (Å²) in [5, 5.41) is 0. The second-order valence-corrected chi connectivity index (χ2v) is 6.06. The summed E-state index contributed by atoms with van der Waals surface area (Å²) in [6.45, 7) is 6.12. The van der Waals surface area contributed by atoms with E-state index >= 15 is 0 Å². The molecule has 0 saturated heterocycles. The second kappa shape index (κ2) is 8.34. The van der Waals surface area contributed by atoms with Gasteiger partial charge in [-0.1, -0.05) is 61.5 Å². The SMILES string of the molecule is C/C=C\C(=C/CC)c1nc(-c2ccccc2)cc(-c2cccc(C)n2)n1. The molecular formula is C23H23N3. The summed E-state index contributed by atoms with van der Waals surface area (Å²) < 4.78 is 0. The fourth-order valence-electron chi connectivity index (χ4n) is 2.78. The van der Waals surface area contributed by atoms with E-state index in [4.69, 9.17) is 9.97 Å². The van der Waals surface area contributed by atoms with E-state index in [1.807, 2.05) is 62.4 Å². The minimum absolute atomic E-state index is 0.726. The number of rotatable bonds is 5. The Bertz CT molecular complexity index is 941. The molecule has 0 aliphatic rings. The van der Waals surface area contributed by atoms with Crippen LogP contribution in [0.2, 0.25) is 0 Å². The van der Waals surface area contributed by atoms with Crippen LogP contribution in [0.25, 0.3) is 28.2 Å². The average Bonchev–Trinajstić information content (AvgIpc) is 2.68. The number of allylic oxidation sites excluding steroid dienone is 4. The van der Waals surface area contributed by atoms with Gasteiger partial charge in [0.15, 0.2) is 5.82 Å². The van der Waals surface area contributed by atoms with Crippen molar-refractivity contribution in [2.24, 2.45) is 0 Å². The molecule has 1 aromatic carbocycles. The first kappa shape index (κ1) is 17.7. The quantitative estimate of drug-likeness (QED) is 0.544. The average molecular weight is 341 g/mol. The van der Waals surface area contributed by atoms with Crippen LogP contribution >= 0.6 is 0 Å². The van der Waals surface area contributed by atoms with Crippen molar-refractivity contribution in [2.45, 2.75) is 27.2 Å². The van der Waals surface area contributed by atoms with E-state index in [0.29, 0.717) is 0 Å². The van der Waals surface area contributed by atoms with Crippen LogP contribution in [0.3, 0.4) is 0 Å². The number of aromatic nitrogens is 3. The predicted octanol–water partition coefficient (Wildman–Crippen LogP) is 5.88. The van der Waals surface area contributed by atoms with Gasteiger partial charge < -0.3 is 0 Å². The highest BCUT2D eigenvalue weighted by Crippen LogP contribution is 2.25. The van der Waals surface area contributed by atoms with Gasteiger partial charge in [0.25, 0.3) is 0 Å². The number of hydrogen-bond acceptors (Lipinski definition) is 3. The summed E-state index contributed by atoms with van der Waals surface area (Å²) in [4.78, 5) is 14.3. The molecule has 3 aromatic rings. The molecule has 0 bridgehead atoms. The van der Waals surface area contributed by atoms with Crippen molar-refractivity contribution in [1.82, 2.24) is 15.0 Å². The summed E-state index contributed by atoms with van der Waals surface area (Å²) >= 11 is 0. The van der Waals surface area contributed by atoms with Crippen molar-refractivity contribution in [3.05, 3.63) is 84.3 Å². The number of aryl methyl sites for hydroxylation is 1. The lowest BCUT2D eigenvalue weighted by molar-refractivity contribution is 1.10. The van der Waals surface area contributed by atoms with E-state index < -0.39 is 0 Å². The van der Waals surface area contributed by atoms with Gasteiger partial charge >= 0.3 is 0 Å². The first-order chi connectivity index (χ1) is 12.7. The molecule has 0 saturated carbocycles. The first-order valence-corrected chi connectivity index (χ1v) is 8.93. The van der Waals surface area contributed by atoms with Crippen LogP contribution < -0.4 is 0 Å². The first-order valence-electron chi connectivity index (χ1n) is 8.93. The van der Waals surface area contributed by atoms with Crippen LogP contribution in [0.1, 0.15) is 31.8 Å². The maximum absolute atomic E-state index is 4.83. The Labute approximate surface area is 155 Å². The maximum atomic E-state index is 4.83. The minimum atomic E-state index is 0.726. The van der Waals surface area contributed by atoms with Crippen molar-refractivity contribution in [3.63, 3.8) is 0 Å². The lowest BCUT2D eigenvalue weighted by atomic mass is 10.1. The fraction of sp³-hybridized carbons (Fsp3) is 0.174. The van der Waals surface area contributed by atoms with Crippen molar-refractivity contribution in [3.8, 4) is 22.6 Å². The van der Waals surface area contributed by atoms with Crippen molar-refractivity contribution in [2.75, 3.05) is 0 Å². The predicted molar refractivity (Wildman–Crippen MR) is 109 cm³/mol. The molecule has 2 heterocycles. The van der Waals surface area contributed by atoms with Gasteiger partial charge in [0, 0.05) is 16.8 Å². The van der Waals surface area contributed by atoms with Gasteiger partial charge in [-0.15, -0.1) is 0 Å². The van der Waals surface area contributed by atoms with E-state index in [2.05, 4.69) is 36.2 Å². The molecule has 0 radical (unpaired) electrons. The molecule has 0 atom stereocenters. The third kappa shape index (κ3) is 4.12. The highest BCUT2D eigenvalue weighted by atomic mass is 14.9. The lowest BCUT2D eigenvalue weighted by Crippen LogP contribution is -1.99. The molecule has 0 spiro atoms. The third-order valence-electron chi connectivity index (χ3n) is 3.97. The second-order valence-electron chi connectivity index (χ2n) is 6.06. The zero-order chi connectivity index (χ0) is 18.4. The number of nitrogens with zero attached hydrogens (tertiary/aromatic N) is 3. The molecule has 0 amide bonds. The number of hydrogen-bond donors (Lipinski definition) is 0. The van der Waals surface area contributed by atoms with Crippen LogP contribution in [0.15, 0.2) is 72.8 Å². The van der Waals surface area contributed by atoms with Crippen LogP contribution in [0.5, 0.6) is 0 Å². The molecule has 2 aromatic heterocycles. The molecule has 26 heavy (non-hydrogen) atoms. The van der Waals surface area contributed by atoms with Crippen molar-refractivity contribution < 1.29 is 0 Å². The van der Waals surface area contributed by atoms with Crippen molar-refractivity contribution >= 4 is 5.57 Å². The van der Waals surface area contributed by atoms with Gasteiger partial charge in [0.2, 0.25) is 0 Å².